The van der Waals surface area contributed by atoms with E-state index >= 15 is 0 Å². The number of hydrogen-bond acceptors (Lipinski definition) is 0. The average Bonchev–Trinajstić information content (AvgIpc) is 3.09. The lowest BCUT2D eigenvalue weighted by Crippen LogP contribution is -2.50. The van der Waals surface area contributed by atoms with Crippen LogP contribution in [0.5, 0.6) is 0 Å². The zero-order chi connectivity index (χ0) is 22.2. The average molecular weight is 427 g/mol. The van der Waals surface area contributed by atoms with Crippen LogP contribution in [0, 0.1) is 52.3 Å². The summed E-state index contributed by atoms with van der Waals surface area (Å²) in [4.78, 5) is 0. The standard InChI is InChI=1S/C31H54/c1-7-8-12-24-17-19-30(5)25(21-24)13-14-26-28-16-15-27(23(4)11-9-10-22(2)3)31(28,6)20-18-29(26)30/h13,22-24,26-29H,7-12,14-21H2,1-6H3/t23-,24+,26+,27?,28+,29?,30?,31?/m1/s1. The number of fused-ring (bicyclic) bond motifs is 5. The Kier molecular flexibility index (Phi) is 7.35. The molecular weight excluding hydrogens is 372 g/mol. The van der Waals surface area contributed by atoms with Crippen LogP contribution in [0.1, 0.15) is 131 Å². The van der Waals surface area contributed by atoms with E-state index in [1.54, 1.807) is 0 Å². The Morgan fingerprint density at radius 2 is 1.74 bits per heavy atom. The Morgan fingerprint density at radius 1 is 0.935 bits per heavy atom. The summed E-state index contributed by atoms with van der Waals surface area (Å²) in [5, 5.41) is 0. The molecule has 4 rings (SSSR count). The van der Waals surface area contributed by atoms with E-state index in [-0.39, 0.29) is 0 Å². The van der Waals surface area contributed by atoms with Crippen molar-refractivity contribution in [3.8, 4) is 0 Å². The van der Waals surface area contributed by atoms with Gasteiger partial charge in [0.25, 0.3) is 0 Å². The molecular formula is C31H54. The van der Waals surface area contributed by atoms with Gasteiger partial charge in [0, 0.05) is 0 Å². The number of allylic oxidation sites excluding steroid dienone is 2. The molecule has 4 aliphatic carbocycles. The topological polar surface area (TPSA) is 0 Å². The van der Waals surface area contributed by atoms with Gasteiger partial charge < -0.3 is 0 Å². The molecule has 0 aliphatic heterocycles. The Morgan fingerprint density at radius 3 is 2.48 bits per heavy atom. The second-order valence-electron chi connectivity index (χ2n) is 13.5. The Hall–Kier alpha value is -0.260. The van der Waals surface area contributed by atoms with Crippen LogP contribution in [0.4, 0.5) is 0 Å². The van der Waals surface area contributed by atoms with E-state index in [2.05, 4.69) is 47.6 Å². The quantitative estimate of drug-likeness (QED) is 0.339. The summed E-state index contributed by atoms with van der Waals surface area (Å²) in [5.74, 6) is 6.79. The van der Waals surface area contributed by atoms with E-state index in [0.29, 0.717) is 10.8 Å². The minimum Gasteiger partial charge on any atom is -0.0845 e. The highest BCUT2D eigenvalue weighted by Gasteiger charge is 2.59. The lowest BCUT2D eigenvalue weighted by molar-refractivity contribution is -0.0529. The minimum atomic E-state index is 0.550. The molecule has 0 saturated heterocycles. The summed E-state index contributed by atoms with van der Waals surface area (Å²) in [5.41, 5.74) is 3.09. The molecule has 178 valence electrons. The van der Waals surface area contributed by atoms with Gasteiger partial charge in [0.15, 0.2) is 0 Å². The molecule has 0 aromatic heterocycles. The van der Waals surface area contributed by atoms with Crippen molar-refractivity contribution in [1.82, 2.24) is 0 Å². The summed E-state index contributed by atoms with van der Waals surface area (Å²) >= 11 is 0. The molecule has 0 aromatic rings. The van der Waals surface area contributed by atoms with Crippen molar-refractivity contribution in [2.24, 2.45) is 52.3 Å². The fourth-order valence-corrected chi connectivity index (χ4v) is 9.50. The van der Waals surface area contributed by atoms with Crippen molar-refractivity contribution < 1.29 is 0 Å². The van der Waals surface area contributed by atoms with Gasteiger partial charge in [-0.25, -0.2) is 0 Å². The largest absolute Gasteiger partial charge is 0.0845 e. The second-order valence-corrected chi connectivity index (χ2v) is 13.5. The van der Waals surface area contributed by atoms with Crippen LogP contribution in [0.3, 0.4) is 0 Å². The van der Waals surface area contributed by atoms with Crippen LogP contribution in [0.25, 0.3) is 0 Å². The van der Waals surface area contributed by atoms with E-state index in [4.69, 9.17) is 0 Å². The van der Waals surface area contributed by atoms with Crippen LogP contribution >= 0.6 is 0 Å². The van der Waals surface area contributed by atoms with Crippen LogP contribution < -0.4 is 0 Å². The monoisotopic (exact) mass is 426 g/mol. The number of rotatable bonds is 8. The van der Waals surface area contributed by atoms with Gasteiger partial charge in [0.05, 0.1) is 0 Å². The van der Waals surface area contributed by atoms with Gasteiger partial charge in [0.1, 0.15) is 0 Å². The van der Waals surface area contributed by atoms with Crippen molar-refractivity contribution in [2.75, 3.05) is 0 Å². The van der Waals surface area contributed by atoms with E-state index in [0.717, 1.165) is 41.4 Å². The Labute approximate surface area is 195 Å². The maximum Gasteiger partial charge on any atom is -0.00851 e. The number of unbranched alkanes of at least 4 members (excludes halogenated alkanes) is 1. The third-order valence-corrected chi connectivity index (χ3v) is 11.4. The normalized spacial score (nSPS) is 43.2. The van der Waals surface area contributed by atoms with Gasteiger partial charge in [-0.3, -0.25) is 0 Å². The minimum absolute atomic E-state index is 0.550. The molecule has 0 aromatic carbocycles. The van der Waals surface area contributed by atoms with Crippen LogP contribution in [0.15, 0.2) is 11.6 Å². The molecule has 31 heavy (non-hydrogen) atoms. The van der Waals surface area contributed by atoms with Crippen LogP contribution in [-0.4, -0.2) is 0 Å². The molecule has 3 fully saturated rings. The highest BCUT2D eigenvalue weighted by molar-refractivity contribution is 5.25. The summed E-state index contributed by atoms with van der Waals surface area (Å²) in [6.45, 7) is 15.2. The third kappa shape index (κ3) is 4.45. The summed E-state index contributed by atoms with van der Waals surface area (Å²) in [6.07, 6.45) is 23.4. The fourth-order valence-electron chi connectivity index (χ4n) is 9.50. The van der Waals surface area contributed by atoms with Crippen molar-refractivity contribution >= 4 is 0 Å². The first-order chi connectivity index (χ1) is 14.8. The molecule has 4 unspecified atom stereocenters. The van der Waals surface area contributed by atoms with Gasteiger partial charge in [-0.05, 0) is 104 Å². The predicted octanol–water partition coefficient (Wildman–Crippen LogP) is 9.83. The maximum absolute atomic E-state index is 2.80. The smallest absolute Gasteiger partial charge is 0.00851 e. The van der Waals surface area contributed by atoms with Crippen molar-refractivity contribution in [3.05, 3.63) is 11.6 Å². The Balaban J connectivity index is 1.45. The SMILES string of the molecule is CCCC[C@H]1CCC2(C)C(=CC[C@@H]3C2CCC2(C)C([C@H](C)CCCC(C)C)CC[C@@H]32)C1. The van der Waals surface area contributed by atoms with Crippen LogP contribution in [0.2, 0.25) is 0 Å². The summed E-state index contributed by atoms with van der Waals surface area (Å²) in [6, 6.07) is 0. The fraction of sp³-hybridized carbons (Fsp3) is 0.935. The van der Waals surface area contributed by atoms with E-state index in [1.165, 1.54) is 89.9 Å². The summed E-state index contributed by atoms with van der Waals surface area (Å²) < 4.78 is 0. The highest BCUT2D eigenvalue weighted by Crippen LogP contribution is 2.67. The molecule has 3 saturated carbocycles. The first kappa shape index (κ1) is 23.9. The van der Waals surface area contributed by atoms with Gasteiger partial charge in [0.2, 0.25) is 0 Å². The molecule has 0 amide bonds. The Bertz CT molecular complexity index is 628. The van der Waals surface area contributed by atoms with Crippen molar-refractivity contribution in [3.63, 3.8) is 0 Å². The highest BCUT2D eigenvalue weighted by atomic mass is 14.6. The molecule has 8 atom stereocenters. The van der Waals surface area contributed by atoms with Gasteiger partial charge in [-0.2, -0.15) is 0 Å². The lowest BCUT2D eigenvalue weighted by atomic mass is 9.46. The molecule has 0 bridgehead atoms. The predicted molar refractivity (Wildman–Crippen MR) is 136 cm³/mol. The molecule has 4 aliphatic rings. The third-order valence-electron chi connectivity index (χ3n) is 11.4. The van der Waals surface area contributed by atoms with Gasteiger partial charge in [-0.1, -0.05) is 91.7 Å². The first-order valence-corrected chi connectivity index (χ1v) is 14.5. The maximum atomic E-state index is 2.80. The zero-order valence-electron chi connectivity index (χ0n) is 22.0. The second kappa shape index (κ2) is 9.54. The molecule has 0 radical (unpaired) electrons. The molecule has 0 nitrogen and oxygen atoms in total. The molecule has 0 heteroatoms. The number of hydrogen-bond donors (Lipinski definition) is 0. The van der Waals surface area contributed by atoms with Crippen molar-refractivity contribution in [2.45, 2.75) is 131 Å². The lowest BCUT2D eigenvalue weighted by Gasteiger charge is -2.58. The molecule has 0 heterocycles. The zero-order valence-corrected chi connectivity index (χ0v) is 22.0. The van der Waals surface area contributed by atoms with Crippen LogP contribution in [-0.2, 0) is 0 Å². The van der Waals surface area contributed by atoms with Crippen molar-refractivity contribution in [1.29, 1.82) is 0 Å². The molecule has 0 spiro atoms. The molecule has 0 N–H and O–H groups in total. The van der Waals surface area contributed by atoms with E-state index < -0.39 is 0 Å². The van der Waals surface area contributed by atoms with E-state index in [9.17, 15) is 0 Å². The van der Waals surface area contributed by atoms with Gasteiger partial charge in [-0.15, -0.1) is 0 Å². The van der Waals surface area contributed by atoms with E-state index in [1.807, 2.05) is 5.57 Å². The summed E-state index contributed by atoms with van der Waals surface area (Å²) in [7, 11) is 0. The first-order valence-electron chi connectivity index (χ1n) is 14.5. The van der Waals surface area contributed by atoms with Gasteiger partial charge >= 0.3 is 0 Å².